The molecular weight excluding hydrogens is 313 g/mol. The zero-order valence-corrected chi connectivity index (χ0v) is 12.8. The molecule has 24 heavy (non-hydrogen) atoms. The van der Waals surface area contributed by atoms with Crippen molar-refractivity contribution in [2.24, 2.45) is 0 Å². The summed E-state index contributed by atoms with van der Waals surface area (Å²) >= 11 is 0. The Morgan fingerprint density at radius 1 is 1.17 bits per heavy atom. The van der Waals surface area contributed by atoms with E-state index >= 15 is 0 Å². The molecule has 2 aromatic carbocycles. The number of benzene rings is 2. The van der Waals surface area contributed by atoms with Crippen molar-refractivity contribution in [1.29, 1.82) is 0 Å². The number of fused-ring (bicyclic) bond motifs is 1. The second-order valence-electron chi connectivity index (χ2n) is 5.04. The highest BCUT2D eigenvalue weighted by atomic mass is 19.1. The van der Waals surface area contributed by atoms with Crippen LogP contribution in [0.4, 0.5) is 4.39 Å². The lowest BCUT2D eigenvalue weighted by Crippen LogP contribution is -2.26. The number of hydrogen-bond donors (Lipinski definition) is 1. The van der Waals surface area contributed by atoms with Gasteiger partial charge in [-0.3, -0.25) is 4.79 Å². The van der Waals surface area contributed by atoms with Gasteiger partial charge < -0.3 is 19.5 Å². The quantitative estimate of drug-likeness (QED) is 0.654. The predicted octanol–water partition coefficient (Wildman–Crippen LogP) is 2.76. The minimum Gasteiger partial charge on any atom is -0.492 e. The average molecular weight is 329 g/mol. The maximum absolute atomic E-state index is 12.7. The van der Waals surface area contributed by atoms with Crippen LogP contribution < -0.4 is 19.5 Å². The second-order valence-corrected chi connectivity index (χ2v) is 5.04. The molecule has 1 heterocycles. The largest absolute Gasteiger partial charge is 0.492 e. The van der Waals surface area contributed by atoms with Crippen molar-refractivity contribution in [2.75, 3.05) is 19.9 Å². The highest BCUT2D eigenvalue weighted by molar-refractivity contribution is 5.91. The Morgan fingerprint density at radius 2 is 1.96 bits per heavy atom. The van der Waals surface area contributed by atoms with E-state index in [-0.39, 0.29) is 18.5 Å². The standard InChI is InChI=1S/C18H16FNO4/c19-14-3-5-15(6-4-14)22-10-9-20-18(21)8-2-13-1-7-16-17(11-13)24-12-23-16/h1-8,11H,9-10,12H2,(H,20,21)/b8-2+. The van der Waals surface area contributed by atoms with E-state index in [2.05, 4.69) is 5.32 Å². The molecular formula is C18H16FNO4. The summed E-state index contributed by atoms with van der Waals surface area (Å²) in [4.78, 5) is 11.7. The minimum atomic E-state index is -0.315. The molecule has 1 aliphatic rings. The van der Waals surface area contributed by atoms with Gasteiger partial charge in [-0.05, 0) is 48.0 Å². The van der Waals surface area contributed by atoms with Gasteiger partial charge in [0.15, 0.2) is 11.5 Å². The summed E-state index contributed by atoms with van der Waals surface area (Å²) < 4.78 is 28.6. The summed E-state index contributed by atoms with van der Waals surface area (Å²) in [6.45, 7) is 0.869. The number of rotatable bonds is 6. The number of nitrogens with one attached hydrogen (secondary N) is 1. The summed E-state index contributed by atoms with van der Waals surface area (Å²) in [5.41, 5.74) is 0.844. The molecule has 2 aromatic rings. The van der Waals surface area contributed by atoms with Gasteiger partial charge in [0.1, 0.15) is 18.2 Å². The van der Waals surface area contributed by atoms with E-state index < -0.39 is 0 Å². The first-order valence-corrected chi connectivity index (χ1v) is 7.45. The maximum Gasteiger partial charge on any atom is 0.244 e. The van der Waals surface area contributed by atoms with Crippen LogP contribution in [0.2, 0.25) is 0 Å². The Kier molecular flexibility index (Phi) is 4.96. The highest BCUT2D eigenvalue weighted by Gasteiger charge is 2.12. The van der Waals surface area contributed by atoms with Crippen LogP contribution in [0.15, 0.2) is 48.5 Å². The number of hydrogen-bond acceptors (Lipinski definition) is 4. The monoisotopic (exact) mass is 329 g/mol. The van der Waals surface area contributed by atoms with Gasteiger partial charge in [0.2, 0.25) is 12.7 Å². The molecule has 0 saturated carbocycles. The van der Waals surface area contributed by atoms with Gasteiger partial charge >= 0.3 is 0 Å². The predicted molar refractivity (Wildman–Crippen MR) is 86.5 cm³/mol. The lowest BCUT2D eigenvalue weighted by Gasteiger charge is -2.06. The molecule has 0 aromatic heterocycles. The van der Waals surface area contributed by atoms with E-state index in [4.69, 9.17) is 14.2 Å². The third kappa shape index (κ3) is 4.25. The van der Waals surface area contributed by atoms with Crippen LogP contribution in [0.5, 0.6) is 17.2 Å². The second kappa shape index (κ2) is 7.50. The van der Waals surface area contributed by atoms with Crippen molar-refractivity contribution in [3.05, 3.63) is 59.9 Å². The average Bonchev–Trinajstić information content (AvgIpc) is 3.06. The lowest BCUT2D eigenvalue weighted by molar-refractivity contribution is -0.116. The molecule has 0 atom stereocenters. The third-order valence-electron chi connectivity index (χ3n) is 3.31. The van der Waals surface area contributed by atoms with E-state index in [0.717, 1.165) is 5.56 Å². The van der Waals surface area contributed by atoms with Crippen molar-refractivity contribution in [2.45, 2.75) is 0 Å². The van der Waals surface area contributed by atoms with Crippen molar-refractivity contribution >= 4 is 12.0 Å². The first kappa shape index (κ1) is 15.9. The van der Waals surface area contributed by atoms with Crippen LogP contribution in [-0.2, 0) is 4.79 Å². The molecule has 3 rings (SSSR count). The Labute approximate surface area is 138 Å². The fourth-order valence-electron chi connectivity index (χ4n) is 2.12. The van der Waals surface area contributed by atoms with Crippen LogP contribution in [0.1, 0.15) is 5.56 Å². The fourth-order valence-corrected chi connectivity index (χ4v) is 2.12. The van der Waals surface area contributed by atoms with E-state index in [0.29, 0.717) is 30.4 Å². The van der Waals surface area contributed by atoms with Crippen LogP contribution in [-0.4, -0.2) is 25.9 Å². The molecule has 0 spiro atoms. The first-order valence-electron chi connectivity index (χ1n) is 7.45. The Balaban J connectivity index is 1.41. The van der Waals surface area contributed by atoms with Gasteiger partial charge in [-0.1, -0.05) is 6.07 Å². The zero-order chi connectivity index (χ0) is 16.8. The number of carbonyl (C=O) groups is 1. The number of carbonyl (C=O) groups excluding carboxylic acids is 1. The van der Waals surface area contributed by atoms with Crippen LogP contribution in [0.3, 0.4) is 0 Å². The molecule has 1 N–H and O–H groups in total. The normalized spacial score (nSPS) is 12.4. The van der Waals surface area contributed by atoms with Crippen LogP contribution in [0.25, 0.3) is 6.08 Å². The molecule has 124 valence electrons. The first-order chi connectivity index (χ1) is 11.7. The summed E-state index contributed by atoms with van der Waals surface area (Å²) in [6.07, 6.45) is 3.13. The fraction of sp³-hybridized carbons (Fsp3) is 0.167. The minimum absolute atomic E-state index is 0.219. The van der Waals surface area contributed by atoms with Gasteiger partial charge in [-0.25, -0.2) is 4.39 Å². The van der Waals surface area contributed by atoms with Gasteiger partial charge in [-0.2, -0.15) is 0 Å². The van der Waals surface area contributed by atoms with Crippen molar-refractivity contribution in [1.82, 2.24) is 5.32 Å². The maximum atomic E-state index is 12.7. The van der Waals surface area contributed by atoms with E-state index in [9.17, 15) is 9.18 Å². The zero-order valence-electron chi connectivity index (χ0n) is 12.8. The van der Waals surface area contributed by atoms with Crippen LogP contribution in [0, 0.1) is 5.82 Å². The van der Waals surface area contributed by atoms with Crippen molar-refractivity contribution in [3.8, 4) is 17.2 Å². The molecule has 0 bridgehead atoms. The molecule has 0 radical (unpaired) electrons. The SMILES string of the molecule is O=C(/C=C/c1ccc2c(c1)OCO2)NCCOc1ccc(F)cc1. The smallest absolute Gasteiger partial charge is 0.244 e. The van der Waals surface area contributed by atoms with Crippen molar-refractivity contribution < 1.29 is 23.4 Å². The van der Waals surface area contributed by atoms with E-state index in [1.54, 1.807) is 12.1 Å². The van der Waals surface area contributed by atoms with Crippen molar-refractivity contribution in [3.63, 3.8) is 0 Å². The molecule has 6 heteroatoms. The summed E-state index contributed by atoms with van der Waals surface area (Å²) in [7, 11) is 0. The van der Waals surface area contributed by atoms with Gasteiger partial charge in [0, 0.05) is 6.08 Å². The van der Waals surface area contributed by atoms with E-state index in [1.165, 1.54) is 30.3 Å². The lowest BCUT2D eigenvalue weighted by atomic mass is 10.2. The topological polar surface area (TPSA) is 56.8 Å². The number of halogens is 1. The van der Waals surface area contributed by atoms with Gasteiger partial charge in [0.25, 0.3) is 0 Å². The Hall–Kier alpha value is -3.02. The van der Waals surface area contributed by atoms with Crippen LogP contribution >= 0.6 is 0 Å². The molecule has 0 fully saturated rings. The molecule has 5 nitrogen and oxygen atoms in total. The number of ether oxygens (including phenoxy) is 3. The van der Waals surface area contributed by atoms with Gasteiger partial charge in [0.05, 0.1) is 6.54 Å². The Bertz CT molecular complexity index is 743. The molecule has 0 saturated heterocycles. The summed E-state index contributed by atoms with van der Waals surface area (Å²) in [5.74, 6) is 1.39. The molecule has 1 amide bonds. The Morgan fingerprint density at radius 3 is 2.79 bits per heavy atom. The highest BCUT2D eigenvalue weighted by Crippen LogP contribution is 2.32. The molecule has 0 aliphatic carbocycles. The van der Waals surface area contributed by atoms with E-state index in [1.807, 2.05) is 12.1 Å². The molecule has 1 aliphatic heterocycles. The summed E-state index contributed by atoms with van der Waals surface area (Å²) in [6, 6.07) is 11.2. The third-order valence-corrected chi connectivity index (χ3v) is 3.31. The number of amides is 1. The molecule has 0 unspecified atom stereocenters. The van der Waals surface area contributed by atoms with Gasteiger partial charge in [-0.15, -0.1) is 0 Å². The summed E-state index contributed by atoms with van der Waals surface area (Å²) in [5, 5.41) is 2.71.